The Morgan fingerprint density at radius 3 is 1.47 bits per heavy atom. The minimum absolute atomic E-state index is 0.0963. The van der Waals surface area contributed by atoms with Crippen molar-refractivity contribution < 1.29 is 23.8 Å². The van der Waals surface area contributed by atoms with Gasteiger partial charge in [0.15, 0.2) is 12.2 Å². The summed E-state index contributed by atoms with van der Waals surface area (Å²) in [7, 11) is 0. The molecule has 0 N–H and O–H groups in total. The van der Waals surface area contributed by atoms with Gasteiger partial charge in [-0.25, -0.2) is 9.59 Å². The highest BCUT2D eigenvalue weighted by atomic mass is 16.7. The Morgan fingerprint density at radius 1 is 0.722 bits per heavy atom. The molecule has 5 nitrogen and oxygen atoms in total. The van der Waals surface area contributed by atoms with Crippen LogP contribution in [0.1, 0.15) is 67.7 Å². The number of ether oxygens (including phenoxy) is 3. The number of fused-ring (bicyclic) bond motifs is 9. The zero-order valence-electron chi connectivity index (χ0n) is 21.6. The monoisotopic (exact) mass is 488 g/mol. The summed E-state index contributed by atoms with van der Waals surface area (Å²) >= 11 is 0. The number of rotatable bonds is 6. The van der Waals surface area contributed by atoms with Crippen LogP contribution in [0, 0.1) is 35.5 Å². The highest BCUT2D eigenvalue weighted by molar-refractivity contribution is 5.90. The Kier molecular flexibility index (Phi) is 5.56. The Bertz CT molecular complexity index is 1050. The number of carbonyl (C=O) groups excluding carboxylic acids is 2. The molecule has 2 saturated carbocycles. The van der Waals surface area contributed by atoms with E-state index in [2.05, 4.69) is 27.7 Å². The van der Waals surface area contributed by atoms with E-state index in [1.54, 1.807) is 24.3 Å². The first-order valence-electron chi connectivity index (χ1n) is 13.5. The van der Waals surface area contributed by atoms with Crippen molar-refractivity contribution in [2.24, 2.45) is 35.5 Å². The van der Waals surface area contributed by atoms with Gasteiger partial charge < -0.3 is 14.2 Å². The summed E-state index contributed by atoms with van der Waals surface area (Å²) < 4.78 is 20.1. The Morgan fingerprint density at radius 2 is 1.11 bits per heavy atom. The van der Waals surface area contributed by atoms with E-state index >= 15 is 0 Å². The third-order valence-electron chi connectivity index (χ3n) is 9.77. The molecular formula is C31H36O5. The van der Waals surface area contributed by atoms with Gasteiger partial charge in [-0.1, -0.05) is 64.1 Å². The Balaban J connectivity index is 1.46. The van der Waals surface area contributed by atoms with Crippen LogP contribution in [0.15, 0.2) is 60.7 Å². The maximum absolute atomic E-state index is 13.5. The molecule has 8 atom stereocenters. The summed E-state index contributed by atoms with van der Waals surface area (Å²) in [5, 5.41) is 0. The van der Waals surface area contributed by atoms with E-state index in [9.17, 15) is 9.59 Å². The molecule has 0 spiro atoms. The molecule has 0 aromatic heterocycles. The molecule has 2 saturated heterocycles. The summed E-state index contributed by atoms with van der Waals surface area (Å²) in [5.41, 5.74) is -0.368. The van der Waals surface area contributed by atoms with Gasteiger partial charge in [-0.3, -0.25) is 0 Å². The molecule has 2 aliphatic heterocycles. The maximum Gasteiger partial charge on any atom is 0.338 e. The maximum atomic E-state index is 13.5. The summed E-state index contributed by atoms with van der Waals surface area (Å²) in [6.07, 6.45) is 2.26. The average Bonchev–Trinajstić information content (AvgIpc) is 3.63. The molecule has 36 heavy (non-hydrogen) atoms. The van der Waals surface area contributed by atoms with Crippen LogP contribution in [0.2, 0.25) is 0 Å². The predicted octanol–water partition coefficient (Wildman–Crippen LogP) is 5.93. The van der Waals surface area contributed by atoms with Crippen LogP contribution >= 0.6 is 0 Å². The molecule has 4 bridgehead atoms. The lowest BCUT2D eigenvalue weighted by Gasteiger charge is -2.50. The second-order valence-corrected chi connectivity index (χ2v) is 11.9. The molecule has 0 radical (unpaired) electrons. The molecule has 4 fully saturated rings. The zero-order chi connectivity index (χ0) is 25.2. The van der Waals surface area contributed by atoms with Gasteiger partial charge in [0.25, 0.3) is 0 Å². The van der Waals surface area contributed by atoms with E-state index in [1.165, 1.54) is 19.3 Å². The fourth-order valence-electron chi connectivity index (χ4n) is 8.49. The molecule has 2 aliphatic carbocycles. The van der Waals surface area contributed by atoms with Gasteiger partial charge >= 0.3 is 11.9 Å². The molecule has 6 rings (SSSR count). The molecule has 2 aromatic carbocycles. The van der Waals surface area contributed by atoms with E-state index in [0.29, 0.717) is 34.8 Å². The Hall–Kier alpha value is -2.66. The number of hydrogen-bond donors (Lipinski definition) is 0. The number of carbonyl (C=O) groups is 2. The third-order valence-corrected chi connectivity index (χ3v) is 9.77. The van der Waals surface area contributed by atoms with E-state index in [1.807, 2.05) is 36.4 Å². The van der Waals surface area contributed by atoms with Gasteiger partial charge in [0.1, 0.15) is 11.2 Å². The Labute approximate surface area is 213 Å². The molecule has 0 amide bonds. The number of hydrogen-bond acceptors (Lipinski definition) is 5. The van der Waals surface area contributed by atoms with Gasteiger partial charge in [-0.2, -0.15) is 0 Å². The second-order valence-electron chi connectivity index (χ2n) is 11.9. The molecular weight excluding hydrogens is 452 g/mol. The summed E-state index contributed by atoms with van der Waals surface area (Å²) in [6.45, 7) is 8.68. The quantitative estimate of drug-likeness (QED) is 0.472. The molecule has 190 valence electrons. The van der Waals surface area contributed by atoms with Crippen LogP contribution in [0.3, 0.4) is 0 Å². The third kappa shape index (κ3) is 3.11. The summed E-state index contributed by atoms with van der Waals surface area (Å²) in [6, 6.07) is 18.2. The SMILES string of the molecule is CC(C)C12OC(C(C)C)(C(OC(=O)c3ccccc3)C1OC(=O)c1ccccc1)C1C3CCC(C3)C12. The second kappa shape index (κ2) is 8.44. The lowest BCUT2D eigenvalue weighted by Crippen LogP contribution is -2.64. The van der Waals surface area contributed by atoms with Crippen LogP contribution in [0.4, 0.5) is 0 Å². The largest absolute Gasteiger partial charge is 0.452 e. The summed E-state index contributed by atoms with van der Waals surface area (Å²) in [5.74, 6) is 1.14. The van der Waals surface area contributed by atoms with E-state index in [-0.39, 0.29) is 11.8 Å². The van der Waals surface area contributed by atoms with Crippen molar-refractivity contribution in [3.8, 4) is 0 Å². The number of benzene rings is 2. The van der Waals surface area contributed by atoms with Gasteiger partial charge in [-0.05, 0) is 67.2 Å². The molecule has 8 unspecified atom stereocenters. The van der Waals surface area contributed by atoms with Gasteiger partial charge in [0, 0.05) is 11.8 Å². The molecule has 2 aromatic rings. The van der Waals surface area contributed by atoms with Gasteiger partial charge in [0.2, 0.25) is 0 Å². The van der Waals surface area contributed by atoms with Crippen molar-refractivity contribution in [1.29, 1.82) is 0 Å². The molecule has 5 heteroatoms. The van der Waals surface area contributed by atoms with Crippen LogP contribution in [-0.2, 0) is 14.2 Å². The fourth-order valence-corrected chi connectivity index (χ4v) is 8.49. The summed E-state index contributed by atoms with van der Waals surface area (Å²) in [4.78, 5) is 26.9. The highest BCUT2D eigenvalue weighted by Gasteiger charge is 2.83. The van der Waals surface area contributed by atoms with Crippen molar-refractivity contribution >= 4 is 11.9 Å². The van der Waals surface area contributed by atoms with Crippen molar-refractivity contribution in [1.82, 2.24) is 0 Å². The first-order valence-corrected chi connectivity index (χ1v) is 13.5. The van der Waals surface area contributed by atoms with Crippen molar-refractivity contribution in [2.75, 3.05) is 0 Å². The van der Waals surface area contributed by atoms with Gasteiger partial charge in [0.05, 0.1) is 11.1 Å². The topological polar surface area (TPSA) is 61.8 Å². The minimum Gasteiger partial charge on any atom is -0.452 e. The van der Waals surface area contributed by atoms with Crippen LogP contribution in [0.25, 0.3) is 0 Å². The smallest absolute Gasteiger partial charge is 0.338 e. The van der Waals surface area contributed by atoms with Gasteiger partial charge in [-0.15, -0.1) is 0 Å². The van der Waals surface area contributed by atoms with E-state index < -0.39 is 35.3 Å². The van der Waals surface area contributed by atoms with Crippen molar-refractivity contribution in [3.05, 3.63) is 71.8 Å². The first kappa shape index (κ1) is 23.7. The van der Waals surface area contributed by atoms with E-state index in [0.717, 1.165) is 0 Å². The minimum atomic E-state index is -0.680. The highest BCUT2D eigenvalue weighted by Crippen LogP contribution is 2.74. The number of esters is 2. The van der Waals surface area contributed by atoms with E-state index in [4.69, 9.17) is 14.2 Å². The van der Waals surface area contributed by atoms with Crippen LogP contribution < -0.4 is 0 Å². The zero-order valence-corrected chi connectivity index (χ0v) is 21.6. The lowest BCUT2D eigenvalue weighted by molar-refractivity contribution is -0.142. The normalized spacial score (nSPS) is 37.9. The first-order chi connectivity index (χ1) is 17.3. The average molecular weight is 489 g/mol. The molecule has 2 heterocycles. The van der Waals surface area contributed by atoms with Crippen LogP contribution in [0.5, 0.6) is 0 Å². The standard InChI is InChI=1S/C31H36O5/c1-18(2)30-24-22-15-16-23(17-22)25(24)31(36-30,19(3)4)27(35-29(33)21-13-9-6-10-14-21)26(30)34-28(32)20-11-7-5-8-12-20/h5-14,18-19,22-27H,15-17H2,1-4H3. The van der Waals surface area contributed by atoms with Crippen LogP contribution in [-0.4, -0.2) is 35.3 Å². The van der Waals surface area contributed by atoms with Crippen molar-refractivity contribution in [2.45, 2.75) is 70.4 Å². The fraction of sp³-hybridized carbons (Fsp3) is 0.548. The predicted molar refractivity (Wildman–Crippen MR) is 135 cm³/mol. The lowest BCUT2D eigenvalue weighted by atomic mass is 9.54. The van der Waals surface area contributed by atoms with Crippen molar-refractivity contribution in [3.63, 3.8) is 0 Å². The molecule has 4 aliphatic rings.